The molecule has 1 unspecified atom stereocenters. The van der Waals surface area contributed by atoms with Crippen LogP contribution in [0.3, 0.4) is 0 Å². The van der Waals surface area contributed by atoms with Crippen molar-refractivity contribution in [3.05, 3.63) is 24.3 Å². The van der Waals surface area contributed by atoms with Gasteiger partial charge in [0.15, 0.2) is 17.5 Å². The van der Waals surface area contributed by atoms with Crippen LogP contribution in [0.4, 0.5) is 4.79 Å². The lowest BCUT2D eigenvalue weighted by molar-refractivity contribution is 0.0302. The Morgan fingerprint density at radius 1 is 1.21 bits per heavy atom. The van der Waals surface area contributed by atoms with Crippen molar-refractivity contribution in [2.75, 3.05) is 40.8 Å². The third kappa shape index (κ3) is 8.83. The Balaban J connectivity index is 2.37. The molecule has 8 nitrogen and oxygen atoms in total. The molecule has 0 fully saturated rings. The largest absolute Gasteiger partial charge is 0.493 e. The van der Waals surface area contributed by atoms with Crippen molar-refractivity contribution >= 4 is 12.1 Å². The summed E-state index contributed by atoms with van der Waals surface area (Å²) in [6.07, 6.45) is -0.449. The van der Waals surface area contributed by atoms with Gasteiger partial charge in [-0.3, -0.25) is 4.99 Å². The summed E-state index contributed by atoms with van der Waals surface area (Å²) in [6, 6.07) is 7.53. The molecular formula is C20H34N4O4. The number of ether oxygens (including phenoxy) is 3. The van der Waals surface area contributed by atoms with E-state index in [1.165, 1.54) is 4.90 Å². The Labute approximate surface area is 168 Å². The lowest BCUT2D eigenvalue weighted by Gasteiger charge is -2.25. The molecule has 1 amide bonds. The number of guanidine groups is 1. The number of benzene rings is 1. The fraction of sp³-hybridized carbons (Fsp3) is 0.600. The lowest BCUT2D eigenvalue weighted by Crippen LogP contribution is -2.45. The second-order valence-corrected chi connectivity index (χ2v) is 7.36. The van der Waals surface area contributed by atoms with E-state index in [9.17, 15) is 4.79 Å². The van der Waals surface area contributed by atoms with Crippen molar-refractivity contribution in [3.63, 3.8) is 0 Å². The van der Waals surface area contributed by atoms with Gasteiger partial charge in [0.25, 0.3) is 0 Å². The number of methoxy groups -OCH3 is 1. The van der Waals surface area contributed by atoms with Gasteiger partial charge in [0.2, 0.25) is 0 Å². The average molecular weight is 395 g/mol. The van der Waals surface area contributed by atoms with Crippen molar-refractivity contribution in [1.82, 2.24) is 15.5 Å². The molecular weight excluding hydrogens is 360 g/mol. The second kappa shape index (κ2) is 11.3. The molecule has 0 saturated heterocycles. The molecule has 1 aromatic carbocycles. The van der Waals surface area contributed by atoms with E-state index in [1.54, 1.807) is 21.2 Å². The lowest BCUT2D eigenvalue weighted by atomic mass is 10.2. The molecule has 1 atom stereocenters. The van der Waals surface area contributed by atoms with E-state index in [0.29, 0.717) is 37.1 Å². The molecule has 0 heterocycles. The van der Waals surface area contributed by atoms with E-state index in [0.717, 1.165) is 0 Å². The van der Waals surface area contributed by atoms with Crippen LogP contribution in [0.25, 0.3) is 0 Å². The number of nitrogens with zero attached hydrogens (tertiary/aromatic N) is 2. The molecule has 0 saturated carbocycles. The Morgan fingerprint density at radius 2 is 1.86 bits per heavy atom. The fourth-order valence-electron chi connectivity index (χ4n) is 2.21. The van der Waals surface area contributed by atoms with E-state index in [2.05, 4.69) is 15.6 Å². The highest BCUT2D eigenvalue weighted by atomic mass is 16.6. The van der Waals surface area contributed by atoms with Crippen LogP contribution in [0, 0.1) is 0 Å². The summed E-state index contributed by atoms with van der Waals surface area (Å²) in [6.45, 7) is 9.08. The molecule has 158 valence electrons. The van der Waals surface area contributed by atoms with Crippen molar-refractivity contribution in [3.8, 4) is 11.5 Å². The van der Waals surface area contributed by atoms with Gasteiger partial charge >= 0.3 is 6.09 Å². The Bertz CT molecular complexity index is 643. The zero-order valence-corrected chi connectivity index (χ0v) is 18.0. The molecule has 0 radical (unpaired) electrons. The van der Waals surface area contributed by atoms with Crippen LogP contribution in [0.1, 0.15) is 27.7 Å². The van der Waals surface area contributed by atoms with Crippen LogP contribution in [-0.4, -0.2) is 69.5 Å². The zero-order valence-electron chi connectivity index (χ0n) is 18.0. The zero-order chi connectivity index (χ0) is 21.2. The maximum Gasteiger partial charge on any atom is 0.410 e. The normalized spacial score (nSPS) is 12.8. The molecule has 0 aliphatic heterocycles. The van der Waals surface area contributed by atoms with Crippen molar-refractivity contribution in [1.29, 1.82) is 0 Å². The quantitative estimate of drug-likeness (QED) is 0.521. The maximum atomic E-state index is 11.9. The summed E-state index contributed by atoms with van der Waals surface area (Å²) in [4.78, 5) is 17.7. The number of rotatable bonds is 8. The van der Waals surface area contributed by atoms with Crippen LogP contribution < -0.4 is 20.1 Å². The second-order valence-electron chi connectivity index (χ2n) is 7.36. The van der Waals surface area contributed by atoms with Gasteiger partial charge in [0.05, 0.1) is 13.7 Å². The van der Waals surface area contributed by atoms with Gasteiger partial charge in [-0.1, -0.05) is 12.1 Å². The van der Waals surface area contributed by atoms with Crippen LogP contribution in [0.2, 0.25) is 0 Å². The topological polar surface area (TPSA) is 84.4 Å². The van der Waals surface area contributed by atoms with E-state index in [1.807, 2.05) is 52.0 Å². The predicted octanol–water partition coefficient (Wildman–Crippen LogP) is 2.49. The first-order chi connectivity index (χ1) is 13.2. The molecule has 0 aromatic heterocycles. The number of carbonyl (C=O) groups is 1. The third-order valence-corrected chi connectivity index (χ3v) is 3.62. The highest BCUT2D eigenvalue weighted by Crippen LogP contribution is 2.26. The van der Waals surface area contributed by atoms with E-state index >= 15 is 0 Å². The summed E-state index contributed by atoms with van der Waals surface area (Å²) in [5.74, 6) is 2.02. The number of aliphatic imine (C=N–C) groups is 1. The van der Waals surface area contributed by atoms with E-state index in [4.69, 9.17) is 14.2 Å². The summed E-state index contributed by atoms with van der Waals surface area (Å²) < 4.78 is 16.5. The molecule has 0 spiro atoms. The van der Waals surface area contributed by atoms with Crippen LogP contribution in [-0.2, 0) is 4.74 Å². The predicted molar refractivity (Wildman–Crippen MR) is 111 cm³/mol. The molecule has 0 aliphatic carbocycles. The molecule has 8 heteroatoms. The van der Waals surface area contributed by atoms with Gasteiger partial charge in [-0.25, -0.2) is 4.79 Å². The van der Waals surface area contributed by atoms with E-state index < -0.39 is 5.60 Å². The molecule has 28 heavy (non-hydrogen) atoms. The van der Waals surface area contributed by atoms with Gasteiger partial charge in [0, 0.05) is 27.2 Å². The average Bonchev–Trinajstić information content (AvgIpc) is 2.63. The van der Waals surface area contributed by atoms with Crippen LogP contribution in [0.5, 0.6) is 11.5 Å². The number of likely N-dealkylation sites (N-methyl/N-ethyl adjacent to an activating group) is 1. The summed E-state index contributed by atoms with van der Waals surface area (Å²) in [5.41, 5.74) is -0.506. The highest BCUT2D eigenvalue weighted by molar-refractivity contribution is 5.79. The first-order valence-electron chi connectivity index (χ1n) is 9.34. The summed E-state index contributed by atoms with van der Waals surface area (Å²) in [5, 5.41) is 6.38. The minimum Gasteiger partial charge on any atom is -0.493 e. The number of para-hydroxylation sites is 2. The van der Waals surface area contributed by atoms with Gasteiger partial charge in [0.1, 0.15) is 11.7 Å². The molecule has 1 rings (SSSR count). The minimum absolute atomic E-state index is 0.0979. The van der Waals surface area contributed by atoms with Gasteiger partial charge < -0.3 is 29.7 Å². The number of nitrogens with one attached hydrogen (secondary N) is 2. The van der Waals surface area contributed by atoms with E-state index in [-0.39, 0.29) is 12.2 Å². The molecule has 2 N–H and O–H groups in total. The SMILES string of the molecule is CN=C(NCCN(C)C(=O)OC(C)(C)C)NCC(C)Oc1ccccc1OC. The smallest absolute Gasteiger partial charge is 0.410 e. The summed E-state index contributed by atoms with van der Waals surface area (Å²) >= 11 is 0. The molecule has 0 aliphatic rings. The minimum atomic E-state index is -0.506. The number of carbonyl (C=O) groups excluding carboxylic acids is 1. The molecule has 0 bridgehead atoms. The van der Waals surface area contributed by atoms with Crippen molar-refractivity contribution < 1.29 is 19.0 Å². The van der Waals surface area contributed by atoms with Gasteiger partial charge in [-0.2, -0.15) is 0 Å². The fourth-order valence-corrected chi connectivity index (χ4v) is 2.21. The third-order valence-electron chi connectivity index (χ3n) is 3.62. The first kappa shape index (κ1) is 23.4. The maximum absolute atomic E-state index is 11.9. The van der Waals surface area contributed by atoms with Crippen LogP contribution >= 0.6 is 0 Å². The monoisotopic (exact) mass is 394 g/mol. The first-order valence-corrected chi connectivity index (χ1v) is 9.34. The summed E-state index contributed by atoms with van der Waals surface area (Å²) in [7, 11) is 5.01. The standard InChI is InChI=1S/C20H34N4O4/c1-15(27-17-11-9-8-10-16(17)26-7)14-23-18(21-5)22-12-13-24(6)19(25)28-20(2,3)4/h8-11,15H,12-14H2,1-7H3,(H2,21,22,23). The number of amides is 1. The van der Waals surface area contributed by atoms with Gasteiger partial charge in [-0.15, -0.1) is 0 Å². The van der Waals surface area contributed by atoms with Gasteiger partial charge in [-0.05, 0) is 39.8 Å². The Morgan fingerprint density at radius 3 is 2.43 bits per heavy atom. The van der Waals surface area contributed by atoms with Crippen molar-refractivity contribution in [2.45, 2.75) is 39.4 Å². The Kier molecular flexibility index (Phi) is 9.41. The number of hydrogen-bond donors (Lipinski definition) is 2. The van der Waals surface area contributed by atoms with Crippen LogP contribution in [0.15, 0.2) is 29.3 Å². The van der Waals surface area contributed by atoms with Crippen molar-refractivity contribution in [2.24, 2.45) is 4.99 Å². The number of hydrogen-bond acceptors (Lipinski definition) is 5. The molecule has 1 aromatic rings. The highest BCUT2D eigenvalue weighted by Gasteiger charge is 2.19. The Hall–Kier alpha value is -2.64.